The van der Waals surface area contributed by atoms with Crippen LogP contribution in [0.3, 0.4) is 0 Å². The van der Waals surface area contributed by atoms with Crippen molar-refractivity contribution < 1.29 is 17.9 Å². The molecule has 0 spiro atoms. The van der Waals surface area contributed by atoms with Crippen molar-refractivity contribution in [3.05, 3.63) is 54.1 Å². The molecule has 0 N–H and O–H groups in total. The average Bonchev–Trinajstić information content (AvgIpc) is 2.72. The number of rotatable bonds is 6. The van der Waals surface area contributed by atoms with E-state index >= 15 is 0 Å². The number of carbonyl (C=O) groups excluding carboxylic acids is 1. The van der Waals surface area contributed by atoms with E-state index in [1.165, 1.54) is 11.4 Å². The van der Waals surface area contributed by atoms with Gasteiger partial charge in [-0.3, -0.25) is 9.10 Å². The molecule has 1 saturated heterocycles. The lowest BCUT2D eigenvalue weighted by atomic mass is 9.99. The number of sulfonamides is 1. The highest BCUT2D eigenvalue weighted by Crippen LogP contribution is 2.25. The van der Waals surface area contributed by atoms with Crippen LogP contribution in [0.2, 0.25) is 0 Å². The Kier molecular flexibility index (Phi) is 6.47. The molecular weight excluding hydrogens is 388 g/mol. The number of hydrogen-bond acceptors (Lipinski definition) is 4. The molecule has 29 heavy (non-hydrogen) atoms. The second-order valence-corrected chi connectivity index (χ2v) is 9.60. The Labute approximate surface area is 173 Å². The van der Waals surface area contributed by atoms with Crippen molar-refractivity contribution in [3.8, 4) is 5.75 Å². The molecule has 2 aromatic carbocycles. The summed E-state index contributed by atoms with van der Waals surface area (Å²) in [6, 6.07) is 13.5. The minimum absolute atomic E-state index is 0.00870. The molecule has 0 saturated carbocycles. The predicted molar refractivity (Wildman–Crippen MR) is 114 cm³/mol. The zero-order chi connectivity index (χ0) is 21.0. The number of benzene rings is 2. The summed E-state index contributed by atoms with van der Waals surface area (Å²) in [4.78, 5) is 14.4. The predicted octanol–water partition coefficient (Wildman–Crippen LogP) is 3.46. The Balaban J connectivity index is 1.60. The highest BCUT2D eigenvalue weighted by molar-refractivity contribution is 7.92. The molecule has 1 amide bonds. The molecule has 2 aromatic rings. The second kappa shape index (κ2) is 8.86. The van der Waals surface area contributed by atoms with Crippen molar-refractivity contribution in [3.63, 3.8) is 0 Å². The Morgan fingerprint density at radius 3 is 2.24 bits per heavy atom. The Bertz CT molecular complexity index is 932. The van der Waals surface area contributed by atoms with Gasteiger partial charge in [0.1, 0.15) is 5.75 Å². The largest absolute Gasteiger partial charge is 0.484 e. The number of piperidine rings is 1. The Morgan fingerprint density at radius 2 is 1.66 bits per heavy atom. The van der Waals surface area contributed by atoms with Gasteiger partial charge in [-0.1, -0.05) is 24.6 Å². The summed E-state index contributed by atoms with van der Waals surface area (Å²) in [6.45, 7) is 5.67. The molecule has 7 heteroatoms. The van der Waals surface area contributed by atoms with Crippen LogP contribution in [0.5, 0.6) is 5.75 Å². The summed E-state index contributed by atoms with van der Waals surface area (Å²) in [5.74, 6) is 1.19. The Hall–Kier alpha value is -2.54. The minimum atomic E-state index is -3.63. The van der Waals surface area contributed by atoms with Gasteiger partial charge in [0, 0.05) is 20.1 Å². The topological polar surface area (TPSA) is 66.9 Å². The lowest BCUT2D eigenvalue weighted by Gasteiger charge is -2.30. The molecular formula is C22H28N2O4S. The molecule has 1 fully saturated rings. The highest BCUT2D eigenvalue weighted by Gasteiger charge is 2.22. The number of likely N-dealkylation sites (tertiary alicyclic amines) is 1. The molecule has 156 valence electrons. The van der Waals surface area contributed by atoms with Crippen LogP contribution in [-0.4, -0.2) is 46.0 Å². The number of hydrogen-bond donors (Lipinski definition) is 0. The number of amides is 1. The van der Waals surface area contributed by atoms with Crippen molar-refractivity contribution in [1.82, 2.24) is 4.90 Å². The van der Waals surface area contributed by atoms with Gasteiger partial charge < -0.3 is 9.64 Å². The first-order chi connectivity index (χ1) is 13.8. The van der Waals surface area contributed by atoms with Crippen LogP contribution in [0.4, 0.5) is 5.69 Å². The molecule has 0 unspecified atom stereocenters. The van der Waals surface area contributed by atoms with Gasteiger partial charge >= 0.3 is 0 Å². The number of ether oxygens (including phenoxy) is 1. The van der Waals surface area contributed by atoms with Gasteiger partial charge in [0.15, 0.2) is 6.61 Å². The van der Waals surface area contributed by atoms with Gasteiger partial charge in [-0.05, 0) is 62.1 Å². The van der Waals surface area contributed by atoms with Crippen LogP contribution in [0.25, 0.3) is 0 Å². The normalized spacial score (nSPS) is 15.2. The summed E-state index contributed by atoms with van der Waals surface area (Å²) in [5, 5.41) is 0. The molecule has 0 aromatic heterocycles. The van der Waals surface area contributed by atoms with Crippen LogP contribution >= 0.6 is 0 Å². The molecule has 1 aliphatic heterocycles. The SMILES string of the molecule is Cc1ccc(S(=O)(=O)N(C)c2ccc(OCC(=O)N3CCC(C)CC3)cc2)cc1. The molecule has 0 atom stereocenters. The number of aryl methyl sites for hydroxylation is 1. The van der Waals surface area contributed by atoms with Crippen molar-refractivity contribution in [1.29, 1.82) is 0 Å². The fourth-order valence-electron chi connectivity index (χ4n) is 3.25. The molecule has 1 aliphatic rings. The quantitative estimate of drug-likeness (QED) is 0.723. The maximum absolute atomic E-state index is 12.8. The van der Waals surface area contributed by atoms with Gasteiger partial charge in [-0.15, -0.1) is 0 Å². The van der Waals surface area contributed by atoms with Crippen molar-refractivity contribution >= 4 is 21.6 Å². The van der Waals surface area contributed by atoms with E-state index in [9.17, 15) is 13.2 Å². The van der Waals surface area contributed by atoms with Crippen LogP contribution in [0, 0.1) is 12.8 Å². The van der Waals surface area contributed by atoms with Gasteiger partial charge in [-0.2, -0.15) is 0 Å². The molecule has 1 heterocycles. The zero-order valence-corrected chi connectivity index (χ0v) is 18.0. The van der Waals surface area contributed by atoms with E-state index in [1.54, 1.807) is 48.5 Å². The van der Waals surface area contributed by atoms with E-state index in [0.29, 0.717) is 17.4 Å². The summed E-state index contributed by atoms with van der Waals surface area (Å²) in [6.07, 6.45) is 2.06. The third-order valence-electron chi connectivity index (χ3n) is 5.38. The fourth-order valence-corrected chi connectivity index (χ4v) is 4.45. The maximum Gasteiger partial charge on any atom is 0.264 e. The van der Waals surface area contributed by atoms with Crippen molar-refractivity contribution in [2.24, 2.45) is 5.92 Å². The van der Waals surface area contributed by atoms with Crippen LogP contribution < -0.4 is 9.04 Å². The summed E-state index contributed by atoms with van der Waals surface area (Å²) in [5.41, 5.74) is 1.52. The average molecular weight is 417 g/mol. The van der Waals surface area contributed by atoms with Crippen molar-refractivity contribution in [2.75, 3.05) is 31.0 Å². The fraction of sp³-hybridized carbons (Fsp3) is 0.409. The highest BCUT2D eigenvalue weighted by atomic mass is 32.2. The van der Waals surface area contributed by atoms with E-state index in [0.717, 1.165) is 31.5 Å². The van der Waals surface area contributed by atoms with Gasteiger partial charge in [0.2, 0.25) is 0 Å². The van der Waals surface area contributed by atoms with Gasteiger partial charge in [0.05, 0.1) is 10.6 Å². The molecule has 0 radical (unpaired) electrons. The first-order valence-electron chi connectivity index (χ1n) is 9.83. The second-order valence-electron chi connectivity index (χ2n) is 7.63. The van der Waals surface area contributed by atoms with E-state index < -0.39 is 10.0 Å². The van der Waals surface area contributed by atoms with E-state index in [2.05, 4.69) is 6.92 Å². The minimum Gasteiger partial charge on any atom is -0.484 e. The van der Waals surface area contributed by atoms with Crippen LogP contribution in [0.15, 0.2) is 53.4 Å². The van der Waals surface area contributed by atoms with Gasteiger partial charge in [0.25, 0.3) is 15.9 Å². The smallest absolute Gasteiger partial charge is 0.264 e. The lowest BCUT2D eigenvalue weighted by Crippen LogP contribution is -2.40. The Morgan fingerprint density at radius 1 is 1.07 bits per heavy atom. The number of anilines is 1. The third kappa shape index (κ3) is 5.09. The van der Waals surface area contributed by atoms with E-state index in [4.69, 9.17) is 4.74 Å². The molecule has 3 rings (SSSR count). The summed E-state index contributed by atoms with van der Waals surface area (Å²) < 4.78 is 32.4. The standard InChI is InChI=1S/C22H28N2O4S/c1-17-4-10-21(11-5-17)29(26,27)23(3)19-6-8-20(9-7-19)28-16-22(25)24-14-12-18(2)13-15-24/h4-11,18H,12-16H2,1-3H3. The zero-order valence-electron chi connectivity index (χ0n) is 17.2. The molecule has 0 aliphatic carbocycles. The third-order valence-corrected chi connectivity index (χ3v) is 7.18. The van der Waals surface area contributed by atoms with Crippen LogP contribution in [0.1, 0.15) is 25.3 Å². The summed E-state index contributed by atoms with van der Waals surface area (Å²) in [7, 11) is -2.11. The van der Waals surface area contributed by atoms with E-state index in [-0.39, 0.29) is 17.4 Å². The first-order valence-corrected chi connectivity index (χ1v) is 11.3. The molecule has 0 bridgehead atoms. The molecule has 6 nitrogen and oxygen atoms in total. The first kappa shape index (κ1) is 21.2. The lowest BCUT2D eigenvalue weighted by molar-refractivity contribution is -0.134. The summed E-state index contributed by atoms with van der Waals surface area (Å²) >= 11 is 0. The number of nitrogens with zero attached hydrogens (tertiary/aromatic N) is 2. The van der Waals surface area contributed by atoms with E-state index in [1.807, 2.05) is 11.8 Å². The monoisotopic (exact) mass is 416 g/mol. The maximum atomic E-state index is 12.8. The van der Waals surface area contributed by atoms with Crippen molar-refractivity contribution in [2.45, 2.75) is 31.6 Å². The van der Waals surface area contributed by atoms with Gasteiger partial charge in [-0.25, -0.2) is 8.42 Å². The number of carbonyl (C=O) groups is 1. The van der Waals surface area contributed by atoms with Crippen LogP contribution in [-0.2, 0) is 14.8 Å².